The lowest BCUT2D eigenvalue weighted by molar-refractivity contribution is -0.368. The molecule has 0 bridgehead atoms. The third-order valence-electron chi connectivity index (χ3n) is 3.56. The summed E-state index contributed by atoms with van der Waals surface area (Å²) in [5.41, 5.74) is 3.87. The van der Waals surface area contributed by atoms with Crippen LogP contribution in [0.3, 0.4) is 0 Å². The van der Waals surface area contributed by atoms with Crippen LogP contribution in [0.25, 0.3) is 0 Å². The van der Waals surface area contributed by atoms with Crippen molar-refractivity contribution in [2.75, 3.05) is 12.3 Å². The third-order valence-corrected chi connectivity index (χ3v) is 4.47. The molecule has 0 aromatic heterocycles. The van der Waals surface area contributed by atoms with Gasteiger partial charge in [0.15, 0.2) is 0 Å². The molecule has 0 rings (SSSR count). The molecular formula is C17H39NO3S. The summed E-state index contributed by atoms with van der Waals surface area (Å²) in [6, 6.07) is 0. The first kappa shape index (κ1) is 24.1. The summed E-state index contributed by atoms with van der Waals surface area (Å²) < 4.78 is 29.0. The minimum atomic E-state index is -3.92. The van der Waals surface area contributed by atoms with Crippen molar-refractivity contribution in [3.63, 3.8) is 0 Å². The van der Waals surface area contributed by atoms with Crippen molar-refractivity contribution in [2.24, 2.45) is 0 Å². The maximum Gasteiger partial charge on any atom is 0.0945 e. The Morgan fingerprint density at radius 3 is 1.27 bits per heavy atom. The van der Waals surface area contributed by atoms with Gasteiger partial charge in [0.2, 0.25) is 0 Å². The molecule has 0 spiro atoms. The smallest absolute Gasteiger partial charge is 0.0945 e. The highest BCUT2D eigenvalue weighted by Crippen LogP contribution is 2.11. The summed E-state index contributed by atoms with van der Waals surface area (Å²) in [5, 5.41) is 0. The van der Waals surface area contributed by atoms with Crippen LogP contribution >= 0.6 is 0 Å². The zero-order valence-corrected chi connectivity index (χ0v) is 15.8. The molecule has 0 aliphatic carbocycles. The lowest BCUT2D eigenvalue weighted by Gasteiger charge is -2.01. The molecule has 0 heterocycles. The van der Waals surface area contributed by atoms with Crippen molar-refractivity contribution in [3.8, 4) is 0 Å². The van der Waals surface area contributed by atoms with Gasteiger partial charge in [0.25, 0.3) is 0 Å². The summed E-state index contributed by atoms with van der Waals surface area (Å²) in [5.74, 6) is -0.243. The van der Waals surface area contributed by atoms with Gasteiger partial charge in [-0.3, -0.25) is 0 Å². The van der Waals surface area contributed by atoms with Gasteiger partial charge in [-0.1, -0.05) is 78.1 Å². The third kappa shape index (κ3) is 28.1. The second-order valence-corrected chi connectivity index (χ2v) is 7.53. The van der Waals surface area contributed by atoms with Gasteiger partial charge in [-0.25, -0.2) is 8.42 Å². The van der Waals surface area contributed by atoms with E-state index in [0.717, 1.165) is 6.54 Å². The molecule has 0 saturated carbocycles. The quantitative estimate of drug-likeness (QED) is 0.385. The van der Waals surface area contributed by atoms with Gasteiger partial charge in [0, 0.05) is 5.75 Å². The van der Waals surface area contributed by atoms with Crippen molar-refractivity contribution in [1.29, 1.82) is 0 Å². The Hall–Kier alpha value is -0.130. The number of hydrogen-bond donors (Lipinski definition) is 1. The second-order valence-electron chi connectivity index (χ2n) is 6.00. The zero-order chi connectivity index (χ0) is 17.1. The highest BCUT2D eigenvalue weighted by Gasteiger charge is 1.92. The van der Waals surface area contributed by atoms with E-state index in [4.69, 9.17) is 0 Å². The van der Waals surface area contributed by atoms with Crippen LogP contribution < -0.4 is 5.73 Å². The van der Waals surface area contributed by atoms with Crippen molar-refractivity contribution in [3.05, 3.63) is 0 Å². The Kier molecular flexibility index (Phi) is 20.7. The molecule has 3 N–H and O–H groups in total. The molecule has 4 nitrogen and oxygen atoms in total. The molecular weight excluding hydrogens is 298 g/mol. The van der Waals surface area contributed by atoms with E-state index in [0.29, 0.717) is 6.42 Å². The zero-order valence-electron chi connectivity index (χ0n) is 14.9. The van der Waals surface area contributed by atoms with Crippen LogP contribution in [-0.4, -0.2) is 25.3 Å². The molecule has 0 aliphatic rings. The monoisotopic (exact) mass is 337 g/mol. The Balaban J connectivity index is 0. The van der Waals surface area contributed by atoms with Crippen LogP contribution in [0.2, 0.25) is 0 Å². The Labute approximate surface area is 139 Å². The van der Waals surface area contributed by atoms with E-state index in [1.54, 1.807) is 6.92 Å². The molecule has 0 fully saturated rings. The highest BCUT2D eigenvalue weighted by atomic mass is 32.2. The summed E-state index contributed by atoms with van der Waals surface area (Å²) in [6.45, 7) is 5.05. The minimum Gasteiger partial charge on any atom is -0.748 e. The van der Waals surface area contributed by atoms with E-state index in [1.807, 2.05) is 0 Å². The van der Waals surface area contributed by atoms with Gasteiger partial charge >= 0.3 is 0 Å². The van der Waals surface area contributed by atoms with Gasteiger partial charge < -0.3 is 10.3 Å². The molecule has 0 atom stereocenters. The van der Waals surface area contributed by atoms with Gasteiger partial charge in [-0.05, 0) is 19.3 Å². The normalized spacial score (nSPS) is 11.1. The molecule has 0 saturated heterocycles. The van der Waals surface area contributed by atoms with E-state index >= 15 is 0 Å². The fourth-order valence-electron chi connectivity index (χ4n) is 2.27. The van der Waals surface area contributed by atoms with E-state index in [-0.39, 0.29) is 5.75 Å². The molecule has 0 amide bonds. The predicted octanol–water partition coefficient (Wildman–Crippen LogP) is 3.87. The van der Waals surface area contributed by atoms with Crippen LogP contribution in [0.4, 0.5) is 0 Å². The minimum absolute atomic E-state index is 0.243. The first-order valence-electron chi connectivity index (χ1n) is 9.20. The predicted molar refractivity (Wildman–Crippen MR) is 93.7 cm³/mol. The van der Waals surface area contributed by atoms with Crippen LogP contribution in [0, 0.1) is 0 Å². The molecule has 0 aliphatic heterocycles. The highest BCUT2D eigenvalue weighted by molar-refractivity contribution is 7.85. The van der Waals surface area contributed by atoms with Crippen molar-refractivity contribution >= 4 is 10.1 Å². The Morgan fingerprint density at radius 1 is 0.682 bits per heavy atom. The van der Waals surface area contributed by atoms with Crippen molar-refractivity contribution in [1.82, 2.24) is 0 Å². The second kappa shape index (κ2) is 18.9. The van der Waals surface area contributed by atoms with Crippen LogP contribution in [0.5, 0.6) is 0 Å². The summed E-state index contributed by atoms with van der Waals surface area (Å²) in [6.07, 6.45) is 17.6. The van der Waals surface area contributed by atoms with E-state index in [2.05, 4.69) is 12.7 Å². The maximum absolute atomic E-state index is 9.68. The van der Waals surface area contributed by atoms with Gasteiger partial charge in [-0.2, -0.15) is 0 Å². The topological polar surface area (TPSA) is 84.8 Å². The maximum atomic E-state index is 9.68. The molecule has 5 heteroatoms. The SMILES string of the molecule is CCCCCCCCCCCCCC[NH3+].CCCS(=O)(=O)[O-]. The molecule has 0 aromatic carbocycles. The van der Waals surface area contributed by atoms with Gasteiger partial charge in [-0.15, -0.1) is 0 Å². The largest absolute Gasteiger partial charge is 0.748 e. The molecule has 0 aromatic rings. The number of hydrogen-bond acceptors (Lipinski definition) is 3. The molecule has 136 valence electrons. The van der Waals surface area contributed by atoms with Gasteiger partial charge in [0.1, 0.15) is 0 Å². The summed E-state index contributed by atoms with van der Waals surface area (Å²) in [4.78, 5) is 0. The first-order chi connectivity index (χ1) is 10.5. The Morgan fingerprint density at radius 2 is 1.05 bits per heavy atom. The summed E-state index contributed by atoms with van der Waals surface area (Å²) >= 11 is 0. The number of unbranched alkanes of at least 4 members (excludes halogenated alkanes) is 11. The average Bonchev–Trinajstić information content (AvgIpc) is 2.44. The van der Waals surface area contributed by atoms with Crippen LogP contribution in [0.15, 0.2) is 0 Å². The van der Waals surface area contributed by atoms with Gasteiger partial charge in [0.05, 0.1) is 16.7 Å². The molecule has 0 unspecified atom stereocenters. The number of quaternary nitrogens is 1. The lowest BCUT2D eigenvalue weighted by Crippen LogP contribution is -2.50. The average molecular weight is 338 g/mol. The van der Waals surface area contributed by atoms with Crippen molar-refractivity contribution in [2.45, 2.75) is 97.3 Å². The van der Waals surface area contributed by atoms with E-state index < -0.39 is 10.1 Å². The lowest BCUT2D eigenvalue weighted by atomic mass is 10.1. The Bertz CT molecular complexity index is 280. The van der Waals surface area contributed by atoms with E-state index in [1.165, 1.54) is 77.0 Å². The van der Waals surface area contributed by atoms with E-state index in [9.17, 15) is 13.0 Å². The fourth-order valence-corrected chi connectivity index (χ4v) is 2.77. The van der Waals surface area contributed by atoms with Crippen LogP contribution in [0.1, 0.15) is 97.3 Å². The standard InChI is InChI=1S/C14H31N.C3H8O3S/c1-2-3-4-5-6-7-8-9-10-11-12-13-14-15;1-2-3-7(4,5)6/h2-15H2,1H3;2-3H2,1H3,(H,4,5,6). The van der Waals surface area contributed by atoms with Crippen molar-refractivity contribution < 1.29 is 18.7 Å². The molecule has 0 radical (unpaired) electrons. The summed E-state index contributed by atoms with van der Waals surface area (Å²) in [7, 11) is -3.92. The molecule has 22 heavy (non-hydrogen) atoms. The fraction of sp³-hybridized carbons (Fsp3) is 1.00. The van der Waals surface area contributed by atoms with Crippen LogP contribution in [-0.2, 0) is 10.1 Å². The number of rotatable bonds is 14. The first-order valence-corrected chi connectivity index (χ1v) is 10.8.